The van der Waals surface area contributed by atoms with E-state index in [9.17, 15) is 0 Å². The van der Waals surface area contributed by atoms with Gasteiger partial charge in [0.25, 0.3) is 0 Å². The third-order valence-electron chi connectivity index (χ3n) is 5.00. The molecule has 0 aliphatic heterocycles. The Labute approximate surface area is 141 Å². The number of rotatable bonds is 3. The molecule has 1 aliphatic carbocycles. The number of hydrogen-bond acceptors (Lipinski definition) is 0. The van der Waals surface area contributed by atoms with Gasteiger partial charge in [-0.2, -0.15) is 0 Å². The maximum absolute atomic E-state index is 2.60. The number of hydrogen-bond donors (Lipinski definition) is 0. The molecule has 1 aliphatic rings. The first kappa shape index (κ1) is 15.9. The van der Waals surface area contributed by atoms with Crippen molar-refractivity contribution in [1.29, 1.82) is 0 Å². The van der Waals surface area contributed by atoms with Crippen molar-refractivity contribution >= 4 is 49.3 Å². The summed E-state index contributed by atoms with van der Waals surface area (Å²) in [7, 11) is 0. The van der Waals surface area contributed by atoms with Crippen molar-refractivity contribution in [2.75, 3.05) is 0 Å². The van der Waals surface area contributed by atoms with Crippen molar-refractivity contribution in [2.24, 2.45) is 5.92 Å². The minimum absolute atomic E-state index is 0.747. The summed E-state index contributed by atoms with van der Waals surface area (Å²) in [4.78, 5) is 0. The first-order valence-corrected chi connectivity index (χ1v) is 19.4. The van der Waals surface area contributed by atoms with Crippen LogP contribution in [-0.2, 0) is 0 Å². The second kappa shape index (κ2) is 6.08. The second-order valence-corrected chi connectivity index (χ2v) is 33.7. The molecule has 0 saturated heterocycles. The fourth-order valence-corrected chi connectivity index (χ4v) is 26.3. The van der Waals surface area contributed by atoms with Gasteiger partial charge in [0, 0.05) is 0 Å². The van der Waals surface area contributed by atoms with Gasteiger partial charge in [0.05, 0.1) is 0 Å². The summed E-state index contributed by atoms with van der Waals surface area (Å²) in [5.41, 5.74) is 4.87. The van der Waals surface area contributed by atoms with Crippen molar-refractivity contribution in [2.45, 2.75) is 40.8 Å². The summed E-state index contributed by atoms with van der Waals surface area (Å²) in [6, 6.07) is 11.3. The summed E-state index contributed by atoms with van der Waals surface area (Å²) in [6.07, 6.45) is 0. The van der Waals surface area contributed by atoms with Gasteiger partial charge in [0.1, 0.15) is 0 Å². The molecule has 1 atom stereocenters. The molecule has 0 fully saturated rings. The Morgan fingerprint density at radius 2 is 1.53 bits per heavy atom. The molecule has 98 valence electrons. The van der Waals surface area contributed by atoms with E-state index >= 15 is 0 Å². The molecule has 0 saturated carbocycles. The Morgan fingerprint density at radius 3 is 2.00 bits per heavy atom. The summed E-state index contributed by atoms with van der Waals surface area (Å²) in [6.45, 7) is 14.6. The van der Waals surface area contributed by atoms with Crippen LogP contribution in [0.2, 0.25) is 13.1 Å². The van der Waals surface area contributed by atoms with E-state index in [2.05, 4.69) is 71.1 Å². The molecule has 0 radical (unpaired) electrons. The second-order valence-electron chi connectivity index (χ2n) is 6.61. The van der Waals surface area contributed by atoms with Crippen LogP contribution in [0.15, 0.2) is 47.1 Å². The third kappa shape index (κ3) is 3.22. The van der Waals surface area contributed by atoms with Gasteiger partial charge in [-0.3, -0.25) is 0 Å². The molecule has 19 heavy (non-hydrogen) atoms. The fourth-order valence-electron chi connectivity index (χ4n) is 3.20. The molecule has 1 aromatic rings. The molecule has 0 heterocycles. The van der Waals surface area contributed by atoms with Crippen molar-refractivity contribution in [3.05, 3.63) is 47.1 Å². The van der Waals surface area contributed by atoms with Gasteiger partial charge >= 0.3 is 143 Å². The maximum atomic E-state index is 2.60. The van der Waals surface area contributed by atoms with Gasteiger partial charge in [-0.15, -0.1) is 0 Å². The Kier molecular flexibility index (Phi) is 5.08. The molecule has 0 aromatic heterocycles. The summed E-state index contributed by atoms with van der Waals surface area (Å²) >= 11 is -1.04. The summed E-state index contributed by atoms with van der Waals surface area (Å²) in [5, 5.41) is 1.67. The van der Waals surface area contributed by atoms with Gasteiger partial charge in [-0.05, 0) is 0 Å². The molecule has 0 nitrogen and oxygen atoms in total. The Morgan fingerprint density at radius 1 is 0.947 bits per heavy atom. The van der Waals surface area contributed by atoms with Crippen LogP contribution in [-0.4, -0.2) is 44.2 Å². The Balaban J connectivity index is 2.28. The average molecular weight is 394 g/mol. The number of benzene rings is 1. The minimum atomic E-state index is -1.15. The van der Waals surface area contributed by atoms with Crippen LogP contribution in [0.3, 0.4) is 0 Å². The van der Waals surface area contributed by atoms with Gasteiger partial charge < -0.3 is 0 Å². The van der Waals surface area contributed by atoms with Crippen LogP contribution in [0.5, 0.6) is 0 Å². The monoisotopic (exact) mass is 394 g/mol. The number of allylic oxidation sites excluding steroid dienone is 4. The first-order chi connectivity index (χ1) is 8.84. The average Bonchev–Trinajstić information content (AvgIpc) is 2.57. The zero-order valence-corrected chi connectivity index (χ0v) is 18.6. The molecule has 1 unspecified atom stereocenters. The molecule has 0 bridgehead atoms. The molecule has 2 rings (SSSR count). The van der Waals surface area contributed by atoms with Crippen LogP contribution < -0.4 is 5.19 Å². The third-order valence-corrected chi connectivity index (χ3v) is 27.5. The molecule has 2 heteroatoms. The summed E-state index contributed by atoms with van der Waals surface area (Å²) in [5.74, 6) is 0.747. The SMILES string of the molecule is CC1=C(C)C(C)[C]([Ba][Si](C)(C)c2ccccc2)=C1C. The van der Waals surface area contributed by atoms with Gasteiger partial charge in [0.2, 0.25) is 0 Å². The van der Waals surface area contributed by atoms with Crippen LogP contribution in [0.25, 0.3) is 0 Å². The normalized spacial score (nSPS) is 20.0. The standard InChI is InChI=1S/C9H13.C8H11Si.Ba/c1-6-5-7(2)9(4)8(6)3;1-9(2)8-6-4-3-5-7-8;/h6H,1-4H3;3-7H,1-2H3;. The zero-order chi connectivity index (χ0) is 14.2. The molecule has 0 N–H and O–H groups in total. The predicted octanol–water partition coefficient (Wildman–Crippen LogP) is 4.06. The quantitative estimate of drug-likeness (QED) is 0.679. The van der Waals surface area contributed by atoms with Crippen LogP contribution in [0.4, 0.5) is 0 Å². The summed E-state index contributed by atoms with van der Waals surface area (Å²) < 4.78 is 0.763. The Hall–Kier alpha value is 0.488. The van der Waals surface area contributed by atoms with Crippen LogP contribution in [0.1, 0.15) is 27.7 Å². The first-order valence-electron chi connectivity index (χ1n) is 7.27. The Bertz CT molecular complexity index is 538. The molecule has 1 aromatic carbocycles. The van der Waals surface area contributed by atoms with E-state index in [1.165, 1.54) is 0 Å². The van der Waals surface area contributed by atoms with E-state index in [0.717, 1.165) is 5.92 Å². The topological polar surface area (TPSA) is 0 Å². The van der Waals surface area contributed by atoms with Crippen LogP contribution in [0, 0.1) is 5.92 Å². The van der Waals surface area contributed by atoms with Crippen LogP contribution >= 0.6 is 0 Å². The van der Waals surface area contributed by atoms with E-state index in [4.69, 9.17) is 0 Å². The molecule has 0 amide bonds. The predicted molar refractivity (Wildman–Crippen MR) is 89.6 cm³/mol. The van der Waals surface area contributed by atoms with Gasteiger partial charge in [0.15, 0.2) is 0 Å². The zero-order valence-electron chi connectivity index (χ0n) is 13.2. The van der Waals surface area contributed by atoms with E-state index in [1.54, 1.807) is 21.9 Å². The fraction of sp³-hybridized carbons (Fsp3) is 0.412. The molecule has 0 spiro atoms. The van der Waals surface area contributed by atoms with Gasteiger partial charge in [-0.1, -0.05) is 0 Å². The van der Waals surface area contributed by atoms with Crippen molar-refractivity contribution in [3.63, 3.8) is 0 Å². The van der Waals surface area contributed by atoms with Crippen molar-refractivity contribution in [1.82, 2.24) is 0 Å². The van der Waals surface area contributed by atoms with Crippen molar-refractivity contribution in [3.8, 4) is 0 Å². The van der Waals surface area contributed by atoms with E-state index < -0.39 is 44.2 Å². The van der Waals surface area contributed by atoms with Gasteiger partial charge in [-0.25, -0.2) is 0 Å². The molecular weight excluding hydrogens is 370 g/mol. The van der Waals surface area contributed by atoms with E-state index in [0.29, 0.717) is 0 Å². The van der Waals surface area contributed by atoms with E-state index in [1.807, 2.05) is 0.0410 Å². The van der Waals surface area contributed by atoms with Crippen molar-refractivity contribution < 1.29 is 0 Å². The molecular formula is C17H24BaSi. The van der Waals surface area contributed by atoms with E-state index in [-0.39, 0.29) is 0 Å².